The molecule has 0 amide bonds. The largest absolute Gasteiger partial charge is 0.496 e. The average molecular weight is 321 g/mol. The molecule has 0 spiro atoms. The molecule has 114 valence electrons. The van der Waals surface area contributed by atoms with Crippen LogP contribution in [0.1, 0.15) is 18.4 Å². The van der Waals surface area contributed by atoms with Crippen molar-refractivity contribution in [1.29, 1.82) is 0 Å². The zero-order valence-electron chi connectivity index (χ0n) is 11.6. The standard InChI is InChI=1S/C13H20N2O3S.ClH/c1-9-7-11(5-6-13(9)18-2)19(16,17)15-8-12(14)10-3-4-10;/h5-7,10,12,15H,3-4,8,14H2,1-2H3;1H. The fourth-order valence-corrected chi connectivity index (χ4v) is 3.16. The number of nitrogens with two attached hydrogens (primary N) is 1. The fourth-order valence-electron chi connectivity index (χ4n) is 2.00. The molecule has 7 heteroatoms. The molecule has 1 aromatic carbocycles. The number of sulfonamides is 1. The monoisotopic (exact) mass is 320 g/mol. The van der Waals surface area contributed by atoms with Crippen LogP contribution in [0.3, 0.4) is 0 Å². The van der Waals surface area contributed by atoms with Crippen LogP contribution in [-0.2, 0) is 10.0 Å². The number of halogens is 1. The number of hydrogen-bond acceptors (Lipinski definition) is 4. The summed E-state index contributed by atoms with van der Waals surface area (Å²) in [6.45, 7) is 2.10. The molecule has 0 aliphatic heterocycles. The van der Waals surface area contributed by atoms with Crippen LogP contribution in [0.2, 0.25) is 0 Å². The SMILES string of the molecule is COc1ccc(S(=O)(=O)NCC(N)C2CC2)cc1C.Cl. The third-order valence-corrected chi connectivity index (χ3v) is 4.83. The van der Waals surface area contributed by atoms with Crippen molar-refractivity contribution < 1.29 is 13.2 Å². The number of ether oxygens (including phenoxy) is 1. The molecule has 1 fully saturated rings. The maximum Gasteiger partial charge on any atom is 0.240 e. The lowest BCUT2D eigenvalue weighted by molar-refractivity contribution is 0.411. The Morgan fingerprint density at radius 3 is 2.60 bits per heavy atom. The minimum absolute atomic E-state index is 0. The van der Waals surface area contributed by atoms with Gasteiger partial charge in [0.2, 0.25) is 10.0 Å². The van der Waals surface area contributed by atoms with Gasteiger partial charge in [0, 0.05) is 12.6 Å². The number of benzene rings is 1. The topological polar surface area (TPSA) is 81.4 Å². The summed E-state index contributed by atoms with van der Waals surface area (Å²) < 4.78 is 31.9. The molecule has 3 N–H and O–H groups in total. The van der Waals surface area contributed by atoms with Crippen LogP contribution in [0.4, 0.5) is 0 Å². The molecular formula is C13H21ClN2O3S. The maximum absolute atomic E-state index is 12.1. The number of nitrogens with one attached hydrogen (secondary N) is 1. The average Bonchev–Trinajstić information content (AvgIpc) is 3.20. The summed E-state index contributed by atoms with van der Waals surface area (Å²) in [7, 11) is -1.94. The first-order valence-electron chi connectivity index (χ1n) is 6.34. The normalized spacial score (nSPS) is 16.4. The molecule has 0 saturated heterocycles. The first kappa shape index (κ1) is 17.2. The Morgan fingerprint density at radius 2 is 2.10 bits per heavy atom. The van der Waals surface area contributed by atoms with E-state index in [1.807, 2.05) is 6.92 Å². The Balaban J connectivity index is 0.00000200. The molecule has 1 atom stereocenters. The van der Waals surface area contributed by atoms with Crippen LogP contribution in [0.5, 0.6) is 5.75 Å². The number of aryl methyl sites for hydroxylation is 1. The van der Waals surface area contributed by atoms with Crippen LogP contribution in [0, 0.1) is 12.8 Å². The van der Waals surface area contributed by atoms with Gasteiger partial charge in [-0.25, -0.2) is 13.1 Å². The number of hydrogen-bond donors (Lipinski definition) is 2. The van der Waals surface area contributed by atoms with E-state index in [9.17, 15) is 8.42 Å². The summed E-state index contributed by atoms with van der Waals surface area (Å²) in [5.74, 6) is 1.15. The summed E-state index contributed by atoms with van der Waals surface area (Å²) in [6, 6.07) is 4.71. The van der Waals surface area contributed by atoms with E-state index in [4.69, 9.17) is 10.5 Å². The van der Waals surface area contributed by atoms with E-state index in [1.165, 1.54) is 6.07 Å². The summed E-state index contributed by atoms with van der Waals surface area (Å²) in [6.07, 6.45) is 2.20. The molecule has 1 saturated carbocycles. The number of methoxy groups -OCH3 is 1. The highest BCUT2D eigenvalue weighted by Gasteiger charge is 2.29. The van der Waals surface area contributed by atoms with E-state index in [-0.39, 0.29) is 29.9 Å². The predicted octanol–water partition coefficient (Wildman–Crippen LogP) is 1.44. The van der Waals surface area contributed by atoms with Gasteiger partial charge in [-0.1, -0.05) is 0 Å². The van der Waals surface area contributed by atoms with Crippen molar-refractivity contribution in [2.75, 3.05) is 13.7 Å². The van der Waals surface area contributed by atoms with Gasteiger partial charge in [0.25, 0.3) is 0 Å². The second kappa shape index (κ2) is 6.76. The zero-order chi connectivity index (χ0) is 14.0. The van der Waals surface area contributed by atoms with E-state index >= 15 is 0 Å². The number of rotatable bonds is 6. The molecule has 20 heavy (non-hydrogen) atoms. The second-order valence-corrected chi connectivity index (χ2v) is 6.75. The molecule has 1 aromatic rings. The molecular weight excluding hydrogens is 300 g/mol. The first-order chi connectivity index (χ1) is 8.94. The summed E-state index contributed by atoms with van der Waals surface area (Å²) >= 11 is 0. The van der Waals surface area contributed by atoms with Crippen molar-refractivity contribution in [3.8, 4) is 5.75 Å². The lowest BCUT2D eigenvalue weighted by Gasteiger charge is -2.13. The van der Waals surface area contributed by atoms with Crippen molar-refractivity contribution >= 4 is 22.4 Å². The van der Waals surface area contributed by atoms with Crippen LogP contribution in [-0.4, -0.2) is 28.1 Å². The van der Waals surface area contributed by atoms with Gasteiger partial charge >= 0.3 is 0 Å². The van der Waals surface area contributed by atoms with Gasteiger partial charge in [0.05, 0.1) is 12.0 Å². The Morgan fingerprint density at radius 1 is 1.45 bits per heavy atom. The third kappa shape index (κ3) is 4.09. The lowest BCUT2D eigenvalue weighted by Crippen LogP contribution is -2.38. The van der Waals surface area contributed by atoms with Crippen molar-refractivity contribution in [3.05, 3.63) is 23.8 Å². The Kier molecular flexibility index (Phi) is 5.82. The molecule has 2 rings (SSSR count). The minimum atomic E-state index is -3.49. The minimum Gasteiger partial charge on any atom is -0.496 e. The summed E-state index contributed by atoms with van der Waals surface area (Å²) in [4.78, 5) is 0.244. The van der Waals surface area contributed by atoms with Gasteiger partial charge in [-0.05, 0) is 49.4 Å². The molecule has 0 bridgehead atoms. The molecule has 0 radical (unpaired) electrons. The predicted molar refractivity (Wildman–Crippen MR) is 80.9 cm³/mol. The van der Waals surface area contributed by atoms with E-state index in [1.54, 1.807) is 19.2 Å². The van der Waals surface area contributed by atoms with Crippen LogP contribution in [0.15, 0.2) is 23.1 Å². The Hall–Kier alpha value is -0.820. The van der Waals surface area contributed by atoms with E-state index in [0.717, 1.165) is 18.4 Å². The van der Waals surface area contributed by atoms with Gasteiger partial charge in [0.15, 0.2) is 0 Å². The van der Waals surface area contributed by atoms with Crippen molar-refractivity contribution in [3.63, 3.8) is 0 Å². The maximum atomic E-state index is 12.1. The van der Waals surface area contributed by atoms with Crippen LogP contribution in [0.25, 0.3) is 0 Å². The zero-order valence-corrected chi connectivity index (χ0v) is 13.3. The van der Waals surface area contributed by atoms with Crippen LogP contribution >= 0.6 is 12.4 Å². The second-order valence-electron chi connectivity index (χ2n) is 4.98. The van der Waals surface area contributed by atoms with Crippen molar-refractivity contribution in [2.45, 2.75) is 30.7 Å². The highest BCUT2D eigenvalue weighted by atomic mass is 35.5. The fraction of sp³-hybridized carbons (Fsp3) is 0.538. The summed E-state index contributed by atoms with van der Waals surface area (Å²) in [5, 5.41) is 0. The highest BCUT2D eigenvalue weighted by Crippen LogP contribution is 2.31. The quantitative estimate of drug-likeness (QED) is 0.831. The van der Waals surface area contributed by atoms with Crippen LogP contribution < -0.4 is 15.2 Å². The molecule has 1 aliphatic rings. The Bertz CT molecular complexity index is 559. The van der Waals surface area contributed by atoms with Gasteiger partial charge < -0.3 is 10.5 Å². The molecule has 1 aliphatic carbocycles. The molecule has 5 nitrogen and oxygen atoms in total. The third-order valence-electron chi connectivity index (χ3n) is 3.41. The van der Waals surface area contributed by atoms with Gasteiger partial charge in [0.1, 0.15) is 5.75 Å². The van der Waals surface area contributed by atoms with E-state index < -0.39 is 10.0 Å². The van der Waals surface area contributed by atoms with Gasteiger partial charge in [-0.3, -0.25) is 0 Å². The molecule has 1 unspecified atom stereocenters. The van der Waals surface area contributed by atoms with Crippen molar-refractivity contribution in [1.82, 2.24) is 4.72 Å². The first-order valence-corrected chi connectivity index (χ1v) is 7.82. The van der Waals surface area contributed by atoms with Gasteiger partial charge in [-0.2, -0.15) is 0 Å². The van der Waals surface area contributed by atoms with Gasteiger partial charge in [-0.15, -0.1) is 12.4 Å². The van der Waals surface area contributed by atoms with Crippen molar-refractivity contribution in [2.24, 2.45) is 11.7 Å². The highest BCUT2D eigenvalue weighted by molar-refractivity contribution is 7.89. The van der Waals surface area contributed by atoms with E-state index in [2.05, 4.69) is 4.72 Å². The summed E-state index contributed by atoms with van der Waals surface area (Å²) in [5.41, 5.74) is 6.68. The molecule has 0 heterocycles. The molecule has 0 aromatic heterocycles. The smallest absolute Gasteiger partial charge is 0.240 e. The lowest BCUT2D eigenvalue weighted by atomic mass is 10.2. The van der Waals surface area contributed by atoms with E-state index in [0.29, 0.717) is 11.7 Å². The Labute approximate surface area is 126 Å².